The number of nitrogens with one attached hydrogen (secondary N) is 1. The van der Waals surface area contributed by atoms with Gasteiger partial charge in [0.1, 0.15) is 35.0 Å². The van der Waals surface area contributed by atoms with E-state index in [-0.39, 0.29) is 5.56 Å². The predicted molar refractivity (Wildman–Crippen MR) is 141 cm³/mol. The highest BCUT2D eigenvalue weighted by Gasteiger charge is 2.21. The Kier molecular flexibility index (Phi) is 7.17. The number of nitrogens with zero attached hydrogens (tertiary/aromatic N) is 3. The number of benzene rings is 2. The Morgan fingerprint density at radius 2 is 1.76 bits per heavy atom. The van der Waals surface area contributed by atoms with Crippen LogP contribution in [-0.4, -0.2) is 34.8 Å². The van der Waals surface area contributed by atoms with Gasteiger partial charge in [-0.15, -0.1) is 0 Å². The second-order valence-electron chi connectivity index (χ2n) is 8.43. The largest absolute Gasteiger partial charge is 0.497 e. The molecule has 0 aliphatic heterocycles. The van der Waals surface area contributed by atoms with Crippen molar-refractivity contribution in [2.45, 2.75) is 13.2 Å². The van der Waals surface area contributed by atoms with Crippen LogP contribution in [0.4, 0.5) is 10.2 Å². The number of carbonyl (C=O) groups is 1. The van der Waals surface area contributed by atoms with Gasteiger partial charge in [0.15, 0.2) is 0 Å². The van der Waals surface area contributed by atoms with Crippen LogP contribution in [0, 0.1) is 5.95 Å². The predicted octanol–water partition coefficient (Wildman–Crippen LogP) is 5.52. The number of ether oxygens (including phenoxy) is 3. The van der Waals surface area contributed by atoms with Gasteiger partial charge in [-0.25, -0.2) is 14.3 Å². The van der Waals surface area contributed by atoms with E-state index in [9.17, 15) is 9.18 Å². The summed E-state index contributed by atoms with van der Waals surface area (Å²) in [7, 11) is 2.91. The molecule has 0 aliphatic rings. The number of halogens is 1. The summed E-state index contributed by atoms with van der Waals surface area (Å²) in [4.78, 5) is 16.5. The van der Waals surface area contributed by atoms with Gasteiger partial charge in [0, 0.05) is 18.2 Å². The number of carbonyl (C=O) groups excluding carboxylic acids is 1. The molecule has 9 heteroatoms. The van der Waals surface area contributed by atoms with Crippen LogP contribution in [0.25, 0.3) is 16.8 Å². The molecule has 0 amide bonds. The van der Waals surface area contributed by atoms with Gasteiger partial charge in [-0.05, 0) is 41.5 Å². The van der Waals surface area contributed by atoms with Gasteiger partial charge in [-0.2, -0.15) is 9.49 Å². The quantitative estimate of drug-likeness (QED) is 0.206. The van der Waals surface area contributed by atoms with Gasteiger partial charge in [-0.3, -0.25) is 0 Å². The third kappa shape index (κ3) is 5.27. The summed E-state index contributed by atoms with van der Waals surface area (Å²) in [6, 6.07) is 23.8. The second-order valence-corrected chi connectivity index (χ2v) is 8.43. The summed E-state index contributed by atoms with van der Waals surface area (Å²) < 4.78 is 32.4. The highest BCUT2D eigenvalue weighted by Crippen LogP contribution is 2.32. The standard InChI is InChI=1S/C29H25FN4O4/c1-36-22-10-8-19(9-11-22)16-31-27-15-21(14-26(30)33-27)24-12-13-25(38-18-20-6-4-3-5-7-20)28-23(29(35)37-2)17-32-34(24)28/h3-15,17H,16,18H2,1-2H3,(H,31,33). The molecule has 3 aromatic heterocycles. The molecular formula is C29H25FN4O4. The first-order valence-corrected chi connectivity index (χ1v) is 11.9. The lowest BCUT2D eigenvalue weighted by atomic mass is 10.1. The Hall–Kier alpha value is -4.92. The number of hydrogen-bond acceptors (Lipinski definition) is 7. The van der Waals surface area contributed by atoms with Gasteiger partial charge in [0.05, 0.1) is 26.1 Å². The van der Waals surface area contributed by atoms with Crippen molar-refractivity contribution in [1.82, 2.24) is 14.6 Å². The second kappa shape index (κ2) is 11.0. The van der Waals surface area contributed by atoms with E-state index in [1.807, 2.05) is 54.6 Å². The minimum Gasteiger partial charge on any atom is -0.497 e. The average Bonchev–Trinajstić information content (AvgIpc) is 3.40. The Morgan fingerprint density at radius 3 is 2.50 bits per heavy atom. The molecule has 0 bridgehead atoms. The number of pyridine rings is 2. The van der Waals surface area contributed by atoms with Crippen molar-refractivity contribution < 1.29 is 23.4 Å². The average molecular weight is 513 g/mol. The molecule has 3 heterocycles. The SMILES string of the molecule is COC(=O)c1cnn2c(-c3cc(F)nc(NCc4ccc(OC)cc4)c3)ccc(OCc3ccccc3)c12. The number of methoxy groups -OCH3 is 2. The first-order chi connectivity index (χ1) is 18.6. The van der Waals surface area contributed by atoms with Crippen molar-refractivity contribution in [3.63, 3.8) is 0 Å². The Bertz CT molecular complexity index is 1570. The van der Waals surface area contributed by atoms with Crippen LogP contribution in [0.3, 0.4) is 0 Å². The Morgan fingerprint density at radius 1 is 0.974 bits per heavy atom. The molecule has 1 N–H and O–H groups in total. The highest BCUT2D eigenvalue weighted by molar-refractivity contribution is 5.99. The van der Waals surface area contributed by atoms with Crippen LogP contribution in [-0.2, 0) is 17.9 Å². The molecule has 0 aliphatic carbocycles. The highest BCUT2D eigenvalue weighted by atomic mass is 19.1. The maximum absolute atomic E-state index is 14.6. The molecule has 192 valence electrons. The Labute approximate surface area is 218 Å². The summed E-state index contributed by atoms with van der Waals surface area (Å²) in [6.45, 7) is 0.737. The molecule has 0 saturated heterocycles. The van der Waals surface area contributed by atoms with Gasteiger partial charge >= 0.3 is 5.97 Å². The fourth-order valence-corrected chi connectivity index (χ4v) is 4.07. The maximum Gasteiger partial charge on any atom is 0.341 e. The lowest BCUT2D eigenvalue weighted by molar-refractivity contribution is 0.0602. The number of esters is 1. The van der Waals surface area contributed by atoms with Gasteiger partial charge in [0.2, 0.25) is 5.95 Å². The lowest BCUT2D eigenvalue weighted by Crippen LogP contribution is -2.05. The van der Waals surface area contributed by atoms with Crippen molar-refractivity contribution in [2.75, 3.05) is 19.5 Å². The lowest BCUT2D eigenvalue weighted by Gasteiger charge is -2.13. The van der Waals surface area contributed by atoms with E-state index >= 15 is 0 Å². The fraction of sp³-hybridized carbons (Fsp3) is 0.138. The number of anilines is 1. The first-order valence-electron chi connectivity index (χ1n) is 11.9. The molecule has 5 rings (SSSR count). The first kappa shape index (κ1) is 24.8. The van der Waals surface area contributed by atoms with E-state index in [1.54, 1.807) is 29.8 Å². The zero-order valence-corrected chi connectivity index (χ0v) is 20.8. The summed E-state index contributed by atoms with van der Waals surface area (Å²) in [6.07, 6.45) is 1.42. The minimum atomic E-state index is -0.655. The van der Waals surface area contributed by atoms with Crippen LogP contribution in [0.2, 0.25) is 0 Å². The molecule has 0 saturated carbocycles. The van der Waals surface area contributed by atoms with E-state index in [0.29, 0.717) is 41.5 Å². The van der Waals surface area contributed by atoms with E-state index in [0.717, 1.165) is 16.9 Å². The van der Waals surface area contributed by atoms with E-state index < -0.39 is 11.9 Å². The van der Waals surface area contributed by atoms with E-state index in [4.69, 9.17) is 14.2 Å². The molecule has 0 fully saturated rings. The van der Waals surface area contributed by atoms with Gasteiger partial charge in [-0.1, -0.05) is 42.5 Å². The monoisotopic (exact) mass is 512 g/mol. The van der Waals surface area contributed by atoms with Crippen molar-refractivity contribution in [1.29, 1.82) is 0 Å². The summed E-state index contributed by atoms with van der Waals surface area (Å²) >= 11 is 0. The Balaban J connectivity index is 1.48. The topological polar surface area (TPSA) is 87.0 Å². The fourth-order valence-electron chi connectivity index (χ4n) is 4.07. The van der Waals surface area contributed by atoms with Crippen LogP contribution >= 0.6 is 0 Å². The van der Waals surface area contributed by atoms with Crippen molar-refractivity contribution in [3.8, 4) is 22.8 Å². The van der Waals surface area contributed by atoms with Crippen LogP contribution in [0.15, 0.2) is 85.1 Å². The molecule has 2 aromatic carbocycles. The number of aromatic nitrogens is 3. The third-order valence-electron chi connectivity index (χ3n) is 5.99. The summed E-state index contributed by atoms with van der Waals surface area (Å²) in [5, 5.41) is 7.57. The summed E-state index contributed by atoms with van der Waals surface area (Å²) in [5.74, 6) is 0.351. The van der Waals surface area contributed by atoms with Crippen LogP contribution < -0.4 is 14.8 Å². The smallest absolute Gasteiger partial charge is 0.341 e. The minimum absolute atomic E-state index is 0.241. The maximum atomic E-state index is 14.6. The molecular weight excluding hydrogens is 487 g/mol. The third-order valence-corrected chi connectivity index (χ3v) is 5.99. The van der Waals surface area contributed by atoms with Gasteiger partial charge < -0.3 is 19.5 Å². The molecule has 0 unspecified atom stereocenters. The normalized spacial score (nSPS) is 10.8. The summed E-state index contributed by atoms with van der Waals surface area (Å²) in [5.41, 5.74) is 3.69. The van der Waals surface area contributed by atoms with Crippen molar-refractivity contribution in [3.05, 3.63) is 108 Å². The zero-order valence-electron chi connectivity index (χ0n) is 20.8. The molecule has 0 spiro atoms. The number of rotatable bonds is 9. The van der Waals surface area contributed by atoms with Crippen molar-refractivity contribution >= 4 is 17.3 Å². The zero-order chi connectivity index (χ0) is 26.5. The number of hydrogen-bond donors (Lipinski definition) is 1. The van der Waals surface area contributed by atoms with Gasteiger partial charge in [0.25, 0.3) is 0 Å². The van der Waals surface area contributed by atoms with Crippen molar-refractivity contribution in [2.24, 2.45) is 0 Å². The molecule has 8 nitrogen and oxygen atoms in total. The molecule has 38 heavy (non-hydrogen) atoms. The molecule has 5 aromatic rings. The molecule has 0 radical (unpaired) electrons. The van der Waals surface area contributed by atoms with Crippen LogP contribution in [0.5, 0.6) is 11.5 Å². The van der Waals surface area contributed by atoms with Crippen LogP contribution in [0.1, 0.15) is 21.5 Å². The van der Waals surface area contributed by atoms with E-state index in [2.05, 4.69) is 15.4 Å². The molecule has 0 atom stereocenters. The van der Waals surface area contributed by atoms with E-state index in [1.165, 1.54) is 19.4 Å². The number of fused-ring (bicyclic) bond motifs is 1.